The largest absolute Gasteiger partial charge is 0.480 e. The fourth-order valence-corrected chi connectivity index (χ4v) is 2.08. The second-order valence-corrected chi connectivity index (χ2v) is 6.26. The Morgan fingerprint density at radius 2 is 1.90 bits per heavy atom. The maximum absolute atomic E-state index is 12.2. The van der Waals surface area contributed by atoms with Crippen LogP contribution in [-0.4, -0.2) is 65.9 Å². The Labute approximate surface area is 125 Å². The van der Waals surface area contributed by atoms with Crippen LogP contribution in [0.1, 0.15) is 33.6 Å². The van der Waals surface area contributed by atoms with Gasteiger partial charge in [-0.25, -0.2) is 4.79 Å². The van der Waals surface area contributed by atoms with Crippen LogP contribution >= 0.6 is 0 Å². The van der Waals surface area contributed by atoms with Gasteiger partial charge in [0.15, 0.2) is 0 Å². The molecule has 0 unspecified atom stereocenters. The normalized spacial score (nSPS) is 18.6. The predicted molar refractivity (Wildman–Crippen MR) is 76.9 cm³/mol. The zero-order valence-corrected chi connectivity index (χ0v) is 13.0. The van der Waals surface area contributed by atoms with Crippen molar-refractivity contribution in [2.75, 3.05) is 26.3 Å². The standard InChI is InChI=1S/C14H26N2O5/c1-14(2,3)21-8-11(15)13(19)16-6-4-10(5-7-16)20-9-12(17)18/h10-11H,4-9,15H2,1-3H3,(H,17,18)/t11-/m0/s1. The SMILES string of the molecule is CC(C)(C)OC[C@H](N)C(=O)N1CCC(OCC(=O)O)CC1. The third kappa shape index (κ3) is 6.88. The minimum absolute atomic E-state index is 0.104. The average molecular weight is 302 g/mol. The number of ether oxygens (including phenoxy) is 2. The molecule has 1 rings (SSSR count). The van der Waals surface area contributed by atoms with Crippen molar-refractivity contribution in [3.05, 3.63) is 0 Å². The summed E-state index contributed by atoms with van der Waals surface area (Å²) in [4.78, 5) is 24.3. The first-order valence-electron chi connectivity index (χ1n) is 7.21. The van der Waals surface area contributed by atoms with Gasteiger partial charge in [-0.3, -0.25) is 4.79 Å². The Bertz CT molecular complexity index is 359. The van der Waals surface area contributed by atoms with Crippen LogP contribution in [0.25, 0.3) is 0 Å². The summed E-state index contributed by atoms with van der Waals surface area (Å²) >= 11 is 0. The van der Waals surface area contributed by atoms with Gasteiger partial charge in [0.1, 0.15) is 12.6 Å². The summed E-state index contributed by atoms with van der Waals surface area (Å²) in [5.74, 6) is -1.11. The zero-order chi connectivity index (χ0) is 16.0. The van der Waals surface area contributed by atoms with E-state index in [1.54, 1.807) is 4.90 Å². The van der Waals surface area contributed by atoms with Crippen molar-refractivity contribution in [1.82, 2.24) is 4.90 Å². The Morgan fingerprint density at radius 3 is 2.38 bits per heavy atom. The number of hydrogen-bond acceptors (Lipinski definition) is 5. The molecule has 1 amide bonds. The van der Waals surface area contributed by atoms with Crippen molar-refractivity contribution in [2.45, 2.75) is 51.4 Å². The van der Waals surface area contributed by atoms with Crippen molar-refractivity contribution < 1.29 is 24.2 Å². The number of aliphatic carboxylic acids is 1. The number of likely N-dealkylation sites (tertiary alicyclic amines) is 1. The Balaban J connectivity index is 2.32. The molecule has 1 aliphatic heterocycles. The molecule has 7 nitrogen and oxygen atoms in total. The maximum atomic E-state index is 12.2. The second kappa shape index (κ2) is 7.72. The summed E-state index contributed by atoms with van der Waals surface area (Å²) < 4.78 is 10.8. The Hall–Kier alpha value is -1.18. The minimum Gasteiger partial charge on any atom is -0.480 e. The summed E-state index contributed by atoms with van der Waals surface area (Å²) in [7, 11) is 0. The molecule has 0 bridgehead atoms. The number of nitrogens with zero attached hydrogens (tertiary/aromatic N) is 1. The molecule has 0 aliphatic carbocycles. The topological polar surface area (TPSA) is 102 Å². The molecule has 0 saturated carbocycles. The summed E-state index contributed by atoms with van der Waals surface area (Å²) in [5.41, 5.74) is 5.54. The van der Waals surface area contributed by atoms with E-state index in [1.807, 2.05) is 20.8 Å². The van der Waals surface area contributed by atoms with E-state index in [0.29, 0.717) is 25.9 Å². The van der Waals surface area contributed by atoms with Crippen LogP contribution in [0.3, 0.4) is 0 Å². The third-order valence-corrected chi connectivity index (χ3v) is 3.21. The van der Waals surface area contributed by atoms with Gasteiger partial charge in [-0.2, -0.15) is 0 Å². The zero-order valence-electron chi connectivity index (χ0n) is 13.0. The average Bonchev–Trinajstić information content (AvgIpc) is 2.41. The van der Waals surface area contributed by atoms with E-state index in [-0.39, 0.29) is 30.8 Å². The van der Waals surface area contributed by atoms with Crippen LogP contribution in [0.5, 0.6) is 0 Å². The molecule has 122 valence electrons. The third-order valence-electron chi connectivity index (χ3n) is 3.21. The van der Waals surface area contributed by atoms with Crippen LogP contribution in [0.2, 0.25) is 0 Å². The monoisotopic (exact) mass is 302 g/mol. The lowest BCUT2D eigenvalue weighted by atomic mass is 10.1. The van der Waals surface area contributed by atoms with Gasteiger partial charge in [-0.1, -0.05) is 0 Å². The van der Waals surface area contributed by atoms with E-state index in [9.17, 15) is 9.59 Å². The van der Waals surface area contributed by atoms with E-state index < -0.39 is 12.0 Å². The number of hydrogen-bond donors (Lipinski definition) is 2. The summed E-state index contributed by atoms with van der Waals surface area (Å²) in [6, 6.07) is -0.666. The number of carbonyl (C=O) groups excluding carboxylic acids is 1. The molecule has 1 heterocycles. The number of carboxylic acid groups (broad SMARTS) is 1. The molecule has 3 N–H and O–H groups in total. The van der Waals surface area contributed by atoms with Crippen molar-refractivity contribution in [3.8, 4) is 0 Å². The minimum atomic E-state index is -0.977. The maximum Gasteiger partial charge on any atom is 0.329 e. The van der Waals surface area contributed by atoms with Crippen molar-refractivity contribution in [1.29, 1.82) is 0 Å². The van der Waals surface area contributed by atoms with Crippen LogP contribution in [0, 0.1) is 0 Å². The molecule has 1 fully saturated rings. The van der Waals surface area contributed by atoms with E-state index in [2.05, 4.69) is 0 Å². The first kappa shape index (κ1) is 17.9. The van der Waals surface area contributed by atoms with E-state index in [0.717, 1.165) is 0 Å². The lowest BCUT2D eigenvalue weighted by Crippen LogP contribution is -2.50. The van der Waals surface area contributed by atoms with Gasteiger partial charge >= 0.3 is 5.97 Å². The molecular formula is C14H26N2O5. The number of carboxylic acids is 1. The van der Waals surface area contributed by atoms with Gasteiger partial charge in [0.2, 0.25) is 5.91 Å². The highest BCUT2D eigenvalue weighted by Gasteiger charge is 2.27. The number of piperidine rings is 1. The fraction of sp³-hybridized carbons (Fsp3) is 0.857. The molecule has 1 atom stereocenters. The van der Waals surface area contributed by atoms with Gasteiger partial charge in [-0.15, -0.1) is 0 Å². The molecule has 1 saturated heterocycles. The number of carbonyl (C=O) groups is 2. The van der Waals surface area contributed by atoms with Gasteiger partial charge in [0.05, 0.1) is 18.3 Å². The Kier molecular flexibility index (Phi) is 6.57. The molecule has 0 spiro atoms. The molecule has 0 aromatic rings. The van der Waals surface area contributed by atoms with Gasteiger partial charge in [-0.05, 0) is 33.6 Å². The molecular weight excluding hydrogens is 276 g/mol. The van der Waals surface area contributed by atoms with E-state index in [1.165, 1.54) is 0 Å². The highest BCUT2D eigenvalue weighted by Crippen LogP contribution is 2.15. The summed E-state index contributed by atoms with van der Waals surface area (Å²) in [5, 5.41) is 8.56. The summed E-state index contributed by atoms with van der Waals surface area (Å²) in [6.07, 6.45) is 1.16. The second-order valence-electron chi connectivity index (χ2n) is 6.26. The molecule has 0 radical (unpaired) electrons. The Morgan fingerprint density at radius 1 is 1.33 bits per heavy atom. The van der Waals surface area contributed by atoms with E-state index >= 15 is 0 Å². The number of nitrogens with two attached hydrogens (primary N) is 1. The first-order valence-corrected chi connectivity index (χ1v) is 7.21. The van der Waals surface area contributed by atoms with Crippen molar-refractivity contribution >= 4 is 11.9 Å². The summed E-state index contributed by atoms with van der Waals surface area (Å²) in [6.45, 7) is 6.70. The predicted octanol–water partition coefficient (Wildman–Crippen LogP) is 0.221. The number of amides is 1. The molecule has 7 heteroatoms. The highest BCUT2D eigenvalue weighted by atomic mass is 16.5. The molecule has 21 heavy (non-hydrogen) atoms. The van der Waals surface area contributed by atoms with Crippen molar-refractivity contribution in [2.24, 2.45) is 5.73 Å². The molecule has 0 aromatic carbocycles. The van der Waals surface area contributed by atoms with Crippen molar-refractivity contribution in [3.63, 3.8) is 0 Å². The van der Waals surface area contributed by atoms with Crippen LogP contribution < -0.4 is 5.73 Å². The highest BCUT2D eigenvalue weighted by molar-refractivity contribution is 5.81. The fourth-order valence-electron chi connectivity index (χ4n) is 2.08. The van der Waals surface area contributed by atoms with Crippen LogP contribution in [0.15, 0.2) is 0 Å². The quantitative estimate of drug-likeness (QED) is 0.728. The van der Waals surface area contributed by atoms with E-state index in [4.69, 9.17) is 20.3 Å². The molecule has 0 aromatic heterocycles. The number of rotatable bonds is 6. The lowest BCUT2D eigenvalue weighted by Gasteiger charge is -2.33. The lowest BCUT2D eigenvalue weighted by molar-refractivity contribution is -0.147. The van der Waals surface area contributed by atoms with Gasteiger partial charge in [0.25, 0.3) is 0 Å². The van der Waals surface area contributed by atoms with Gasteiger partial charge in [0, 0.05) is 13.1 Å². The molecule has 1 aliphatic rings. The first-order chi connectivity index (χ1) is 9.69. The van der Waals surface area contributed by atoms with Crippen LogP contribution in [-0.2, 0) is 19.1 Å². The van der Waals surface area contributed by atoms with Crippen LogP contribution in [0.4, 0.5) is 0 Å². The smallest absolute Gasteiger partial charge is 0.329 e. The van der Waals surface area contributed by atoms with Gasteiger partial charge < -0.3 is 25.2 Å².